The van der Waals surface area contributed by atoms with Gasteiger partial charge in [0.2, 0.25) is 5.69 Å². The molecule has 0 atom stereocenters. The smallest absolute Gasteiger partial charge is 0.342 e. The highest BCUT2D eigenvalue weighted by molar-refractivity contribution is 6.04. The van der Waals surface area contributed by atoms with Gasteiger partial charge in [-0.05, 0) is 12.5 Å². The van der Waals surface area contributed by atoms with E-state index in [1.165, 1.54) is 4.68 Å². The minimum Gasteiger partial charge on any atom is -0.462 e. The first-order valence-electron chi connectivity index (χ1n) is 9.70. The molecule has 4 aromatic rings. The van der Waals surface area contributed by atoms with Crippen LogP contribution in [0.25, 0.3) is 28.2 Å². The van der Waals surface area contributed by atoms with Gasteiger partial charge in [0.1, 0.15) is 17.3 Å². The van der Waals surface area contributed by atoms with Crippen LogP contribution in [0.2, 0.25) is 0 Å². The van der Waals surface area contributed by atoms with Gasteiger partial charge >= 0.3 is 5.97 Å². The van der Waals surface area contributed by atoms with Crippen LogP contribution in [-0.4, -0.2) is 32.1 Å². The predicted octanol–water partition coefficient (Wildman–Crippen LogP) is 3.57. The summed E-state index contributed by atoms with van der Waals surface area (Å²) in [5.41, 5.74) is 9.92. The Morgan fingerprint density at radius 1 is 1.06 bits per heavy atom. The van der Waals surface area contributed by atoms with Gasteiger partial charge in [-0.3, -0.25) is 0 Å². The third kappa shape index (κ3) is 3.32. The summed E-state index contributed by atoms with van der Waals surface area (Å²) in [6.07, 6.45) is 0. The quantitative estimate of drug-likeness (QED) is 0.502. The van der Waals surface area contributed by atoms with Gasteiger partial charge in [0.05, 0.1) is 18.0 Å². The number of hydrogen-bond donors (Lipinski definition) is 1. The minimum absolute atomic E-state index is 0.0149. The Hall–Kier alpha value is -4.38. The lowest BCUT2D eigenvalue weighted by Crippen LogP contribution is -2.12. The zero-order chi connectivity index (χ0) is 22.0. The number of nitrogens with two attached hydrogens (primary N) is 1. The topological polar surface area (TPSA) is 112 Å². The summed E-state index contributed by atoms with van der Waals surface area (Å²) in [7, 11) is 1.87. The second kappa shape index (κ2) is 8.16. The van der Waals surface area contributed by atoms with Crippen LogP contribution in [0.15, 0.2) is 60.7 Å². The number of hydrogen-bond acceptors (Lipinski definition) is 6. The van der Waals surface area contributed by atoms with Gasteiger partial charge in [-0.1, -0.05) is 65.9 Å². The molecule has 0 bridgehead atoms. The molecule has 0 aliphatic heterocycles. The number of carbonyl (C=O) groups is 1. The fraction of sp³-hybridized carbons (Fsp3) is 0.130. The molecule has 2 heterocycles. The lowest BCUT2D eigenvalue weighted by molar-refractivity contribution is 0.0527. The monoisotopic (exact) mass is 412 g/mol. The van der Waals surface area contributed by atoms with Crippen molar-refractivity contribution in [2.75, 3.05) is 12.3 Å². The number of esters is 1. The molecular weight excluding hydrogens is 392 g/mol. The van der Waals surface area contributed by atoms with Crippen molar-refractivity contribution in [3.8, 4) is 34.3 Å². The Bertz CT molecular complexity index is 1280. The molecule has 154 valence electrons. The van der Waals surface area contributed by atoms with Crippen molar-refractivity contribution >= 4 is 11.8 Å². The molecule has 0 unspecified atom stereocenters. The maximum absolute atomic E-state index is 13.2. The second-order valence-electron chi connectivity index (χ2n) is 6.78. The third-order valence-corrected chi connectivity index (χ3v) is 4.97. The normalized spacial score (nSPS) is 10.6. The van der Waals surface area contributed by atoms with E-state index >= 15 is 0 Å². The lowest BCUT2D eigenvalue weighted by Gasteiger charge is -2.10. The molecule has 0 radical (unpaired) electrons. The van der Waals surface area contributed by atoms with Gasteiger partial charge in [-0.2, -0.15) is 9.94 Å². The summed E-state index contributed by atoms with van der Waals surface area (Å²) in [6, 6.07) is 21.1. The molecule has 2 N–H and O–H groups in total. The zero-order valence-electron chi connectivity index (χ0n) is 17.1. The number of carbonyl (C=O) groups excluding carboxylic acids is 1. The average Bonchev–Trinajstić information content (AvgIpc) is 3.31. The molecule has 0 saturated heterocycles. The maximum atomic E-state index is 13.2. The van der Waals surface area contributed by atoms with Gasteiger partial charge in [-0.25, -0.2) is 4.79 Å². The molecule has 4 rings (SSSR count). The highest BCUT2D eigenvalue weighted by Gasteiger charge is 2.31. The Kier molecular flexibility index (Phi) is 5.24. The van der Waals surface area contributed by atoms with Crippen LogP contribution < -0.4 is 5.73 Å². The van der Waals surface area contributed by atoms with Crippen LogP contribution in [0.1, 0.15) is 23.0 Å². The Morgan fingerprint density at radius 2 is 1.65 bits per heavy atom. The van der Waals surface area contributed by atoms with Crippen LogP contribution in [0.3, 0.4) is 0 Å². The van der Waals surface area contributed by atoms with E-state index in [0.29, 0.717) is 22.6 Å². The average molecular weight is 412 g/mol. The molecule has 0 saturated carbocycles. The van der Waals surface area contributed by atoms with Gasteiger partial charge in [-0.15, -0.1) is 5.10 Å². The minimum atomic E-state index is -0.512. The van der Waals surface area contributed by atoms with Gasteiger partial charge in [0, 0.05) is 12.6 Å². The summed E-state index contributed by atoms with van der Waals surface area (Å²) in [6.45, 7) is 1.96. The summed E-state index contributed by atoms with van der Waals surface area (Å²) >= 11 is 0. The van der Waals surface area contributed by atoms with E-state index in [0.717, 1.165) is 11.1 Å². The van der Waals surface area contributed by atoms with E-state index < -0.39 is 5.97 Å². The number of nitriles is 1. The number of benzene rings is 2. The van der Waals surface area contributed by atoms with E-state index in [2.05, 4.69) is 10.3 Å². The van der Waals surface area contributed by atoms with Crippen molar-refractivity contribution in [1.82, 2.24) is 19.6 Å². The molecule has 8 nitrogen and oxygen atoms in total. The highest BCUT2D eigenvalue weighted by atomic mass is 16.5. The van der Waals surface area contributed by atoms with Crippen LogP contribution in [0.5, 0.6) is 0 Å². The Labute approximate surface area is 179 Å². The number of anilines is 1. The standard InChI is InChI=1S/C23H20N6O2/c1-3-31-23(30)18-19(15-10-6-4-7-11-15)28(2)20(16-12-8-5-9-13-16)21(18)29-22(25)17(14-24)26-27-29/h4-13H,3,25H2,1-2H3. The first kappa shape index (κ1) is 19.9. The van der Waals surface area contributed by atoms with Crippen molar-refractivity contribution in [2.45, 2.75) is 6.92 Å². The molecule has 0 spiro atoms. The summed E-state index contributed by atoms with van der Waals surface area (Å²) in [5.74, 6) is -0.460. The lowest BCUT2D eigenvalue weighted by atomic mass is 10.1. The van der Waals surface area contributed by atoms with Gasteiger partial charge in [0.15, 0.2) is 5.82 Å². The molecule has 0 fully saturated rings. The largest absolute Gasteiger partial charge is 0.462 e. The maximum Gasteiger partial charge on any atom is 0.342 e. The molecule has 0 aliphatic carbocycles. The van der Waals surface area contributed by atoms with E-state index in [4.69, 9.17) is 10.5 Å². The Morgan fingerprint density at radius 3 is 2.16 bits per heavy atom. The first-order valence-corrected chi connectivity index (χ1v) is 9.70. The predicted molar refractivity (Wildman–Crippen MR) is 116 cm³/mol. The second-order valence-corrected chi connectivity index (χ2v) is 6.78. The fourth-order valence-electron chi connectivity index (χ4n) is 3.67. The van der Waals surface area contributed by atoms with Gasteiger partial charge < -0.3 is 15.0 Å². The number of nitrogens with zero attached hydrogens (tertiary/aromatic N) is 5. The van der Waals surface area contributed by atoms with Gasteiger partial charge in [0.25, 0.3) is 0 Å². The molecule has 31 heavy (non-hydrogen) atoms. The summed E-state index contributed by atoms with van der Waals surface area (Å²) in [4.78, 5) is 13.2. The van der Waals surface area contributed by atoms with Crippen molar-refractivity contribution in [1.29, 1.82) is 5.26 Å². The van der Waals surface area contributed by atoms with Crippen LogP contribution in [0, 0.1) is 11.3 Å². The van der Waals surface area contributed by atoms with E-state index in [1.54, 1.807) is 6.92 Å². The third-order valence-electron chi connectivity index (χ3n) is 4.97. The molecular formula is C23H20N6O2. The highest BCUT2D eigenvalue weighted by Crippen LogP contribution is 2.40. The van der Waals surface area contributed by atoms with Crippen molar-refractivity contribution in [2.24, 2.45) is 7.05 Å². The van der Waals surface area contributed by atoms with E-state index in [-0.39, 0.29) is 18.1 Å². The van der Waals surface area contributed by atoms with Crippen molar-refractivity contribution < 1.29 is 9.53 Å². The zero-order valence-corrected chi connectivity index (χ0v) is 17.1. The van der Waals surface area contributed by atoms with Crippen molar-refractivity contribution in [3.05, 3.63) is 71.9 Å². The number of rotatable bonds is 5. The molecule has 2 aromatic carbocycles. The van der Waals surface area contributed by atoms with Crippen LogP contribution in [-0.2, 0) is 11.8 Å². The summed E-state index contributed by atoms with van der Waals surface area (Å²) < 4.78 is 8.66. The van der Waals surface area contributed by atoms with E-state index in [9.17, 15) is 10.1 Å². The number of aromatic nitrogens is 4. The molecule has 2 aromatic heterocycles. The number of ether oxygens (including phenoxy) is 1. The van der Waals surface area contributed by atoms with Crippen LogP contribution in [0.4, 0.5) is 5.82 Å². The molecule has 8 heteroatoms. The van der Waals surface area contributed by atoms with E-state index in [1.807, 2.05) is 78.3 Å². The summed E-state index contributed by atoms with van der Waals surface area (Å²) in [5, 5.41) is 17.3. The number of nitrogen functional groups attached to an aromatic ring is 1. The van der Waals surface area contributed by atoms with Crippen LogP contribution >= 0.6 is 0 Å². The Balaban J connectivity index is 2.16. The molecule has 0 amide bonds. The van der Waals surface area contributed by atoms with Crippen molar-refractivity contribution in [3.63, 3.8) is 0 Å². The first-order chi connectivity index (χ1) is 15.1. The molecule has 0 aliphatic rings. The SMILES string of the molecule is CCOC(=O)c1c(-n2nnc(C#N)c2N)c(-c2ccccc2)n(C)c1-c1ccccc1. The fourth-order valence-corrected chi connectivity index (χ4v) is 3.67.